The topological polar surface area (TPSA) is 261 Å². The van der Waals surface area contributed by atoms with Crippen molar-refractivity contribution >= 4 is 65.0 Å². The van der Waals surface area contributed by atoms with Crippen LogP contribution in [0.2, 0.25) is 0 Å². The van der Waals surface area contributed by atoms with E-state index in [0.717, 1.165) is 104 Å². The number of Topliss-reactive ketones (excluding diaryl/α,β-unsaturated/α-hetero) is 6. The van der Waals surface area contributed by atoms with Crippen LogP contribution in [0.15, 0.2) is 203 Å². The lowest BCUT2D eigenvalue weighted by Gasteiger charge is -2.35. The first kappa shape index (κ1) is 115. The summed E-state index contributed by atoms with van der Waals surface area (Å²) in [5.41, 5.74) is 19.6. The predicted molar refractivity (Wildman–Crippen MR) is 431 cm³/mol. The molecule has 117 heavy (non-hydrogen) atoms. The van der Waals surface area contributed by atoms with Gasteiger partial charge in [-0.25, -0.2) is 18.6 Å². The van der Waals surface area contributed by atoms with Gasteiger partial charge < -0.3 is 36.6 Å². The summed E-state index contributed by atoms with van der Waals surface area (Å²) in [7, 11) is 3.56. The molecule has 0 saturated carbocycles. The number of alkyl halides is 4. The van der Waals surface area contributed by atoms with Gasteiger partial charge in [-0.2, -0.15) is 0 Å². The molecular weight excluding hydrogens is 1560 g/mol. The third-order valence-electron chi connectivity index (χ3n) is 16.7. The number of amidine groups is 1. The van der Waals surface area contributed by atoms with Crippen LogP contribution in [0.5, 0.6) is 0 Å². The summed E-state index contributed by atoms with van der Waals surface area (Å²) >= 11 is 0. The van der Waals surface area contributed by atoms with Crippen molar-refractivity contribution in [3.05, 3.63) is 243 Å². The van der Waals surface area contributed by atoms with E-state index in [2.05, 4.69) is 25.4 Å². The predicted octanol–water partition coefficient (Wildman–Crippen LogP) is 19.1. The van der Waals surface area contributed by atoms with Gasteiger partial charge in [-0.1, -0.05) is 146 Å². The fourth-order valence-corrected chi connectivity index (χ4v) is 11.7. The zero-order chi connectivity index (χ0) is 90.4. The number of hydrogen-bond donors (Lipinski definition) is 4. The molecule has 650 valence electrons. The molecule has 10 rings (SSSR count). The standard InChI is InChI=1S/C15H16N2O3.2C14H21FN2.C14H16N2O2.C12H12O2.C7H6O.C5H8O2.4CH3F.4F2/c1-9-13(10(2)18)14(12-7-5-4-6-8-12)17(11(3)19)15(20)16-9;2*15-14-4-2-12(3-5-14)13-6-10-17(11-7-13)9-1-8-16;1-9-12(10(2)17)13(16-14(15-9)18-3)11-7-5-4-6-8-11;1-9(13)12(10(2)14)8-11-6-4-3-5-7-11;8-6-7-4-2-1-3-5-7;1-4(6)3-5(2)7;8*1-2/h4-8,14H,1-3H3,(H,16,20);2*2-5,13H,1,6-11,16H2;4-8,13H,1-3H3,(H,15,16);3-8H,1-2H3;1-6H;3H2,1-2H3;4*1H3;;;;. The summed E-state index contributed by atoms with van der Waals surface area (Å²) in [6.45, 7) is 21.8. The van der Waals surface area contributed by atoms with E-state index in [4.69, 9.17) is 52.8 Å². The summed E-state index contributed by atoms with van der Waals surface area (Å²) in [6, 6.07) is 50.2. The van der Waals surface area contributed by atoms with Crippen LogP contribution in [0.25, 0.3) is 6.08 Å². The molecule has 18 nitrogen and oxygen atoms in total. The van der Waals surface area contributed by atoms with Gasteiger partial charge in [0.25, 0.3) is 6.02 Å². The van der Waals surface area contributed by atoms with Crippen LogP contribution in [-0.2, 0) is 38.3 Å². The van der Waals surface area contributed by atoms with Crippen molar-refractivity contribution in [1.29, 1.82) is 0 Å². The molecule has 0 spiro atoms. The highest BCUT2D eigenvalue weighted by atomic mass is 20.0. The molecule has 6 aromatic carbocycles. The molecule has 4 aliphatic heterocycles. The third-order valence-corrected chi connectivity index (χ3v) is 16.7. The molecule has 6 aromatic rings. The van der Waals surface area contributed by atoms with Gasteiger partial charge in [0.15, 0.2) is 23.1 Å². The molecule has 32 heteroatoms. The highest BCUT2D eigenvalue weighted by molar-refractivity contribution is 6.21. The van der Waals surface area contributed by atoms with Crippen molar-refractivity contribution in [3.8, 4) is 0 Å². The van der Waals surface area contributed by atoms with Gasteiger partial charge in [-0.15, -0.1) is 0 Å². The summed E-state index contributed by atoms with van der Waals surface area (Å²) in [5.74, 6) is -0.140. The molecule has 6 N–H and O–H groups in total. The van der Waals surface area contributed by atoms with Gasteiger partial charge in [0.1, 0.15) is 35.5 Å². The van der Waals surface area contributed by atoms with Crippen molar-refractivity contribution in [2.24, 2.45) is 16.5 Å². The molecule has 2 atom stereocenters. The number of benzene rings is 6. The van der Waals surface area contributed by atoms with E-state index in [1.165, 1.54) is 78.4 Å². The summed E-state index contributed by atoms with van der Waals surface area (Å²) in [6.07, 6.45) is 9.41. The highest BCUT2D eigenvalue weighted by Crippen LogP contribution is 2.35. The number of nitrogens with two attached hydrogens (primary N) is 2. The summed E-state index contributed by atoms with van der Waals surface area (Å²) in [4.78, 5) is 110. The minimum atomic E-state index is -0.667. The number of nitrogens with one attached hydrogen (secondary N) is 2. The van der Waals surface area contributed by atoms with E-state index >= 15 is 0 Å². The Hall–Kier alpha value is -10.7. The lowest BCUT2D eigenvalue weighted by atomic mass is 9.89. The number of imide groups is 1. The average molecular weight is 1670 g/mol. The van der Waals surface area contributed by atoms with Crippen LogP contribution in [0, 0.1) is 11.6 Å². The van der Waals surface area contributed by atoms with E-state index in [-0.39, 0.29) is 64.4 Å². The van der Waals surface area contributed by atoms with Crippen LogP contribution in [-0.4, -0.2) is 162 Å². The van der Waals surface area contributed by atoms with Crippen molar-refractivity contribution in [2.75, 3.05) is 88.2 Å². The maximum Gasteiger partial charge on any atom is 0.329 e. The van der Waals surface area contributed by atoms with E-state index in [0.29, 0.717) is 63.4 Å². The number of allylic oxidation sites excluding steroid dienone is 3. The molecule has 2 fully saturated rings. The van der Waals surface area contributed by atoms with E-state index in [1.54, 1.807) is 75.6 Å². The molecule has 2 saturated heterocycles. The zero-order valence-electron chi connectivity index (χ0n) is 68.6. The Morgan fingerprint density at radius 2 is 0.803 bits per heavy atom. The van der Waals surface area contributed by atoms with Crippen LogP contribution >= 0.6 is 0 Å². The van der Waals surface area contributed by atoms with Crippen LogP contribution in [0.3, 0.4) is 0 Å². The molecular formula is C85H112F14N8O10. The van der Waals surface area contributed by atoms with E-state index < -0.39 is 18.0 Å². The molecule has 2 unspecified atom stereocenters. The fraction of sp³-hybridized carbons (Fsp3) is 0.388. The largest absolute Gasteiger partial charge is 0.468 e. The number of halogens is 14. The molecule has 4 heterocycles. The Kier molecular flexibility index (Phi) is 71.6. The number of carbonyl (C=O) groups is 9. The number of carbonyl (C=O) groups excluding carboxylic acids is 9. The number of amides is 3. The Balaban J connectivity index is -0.000000411. The Morgan fingerprint density at radius 3 is 1.09 bits per heavy atom. The second kappa shape index (κ2) is 73.0. The van der Waals surface area contributed by atoms with Crippen molar-refractivity contribution in [1.82, 2.24) is 25.3 Å². The molecule has 0 bridgehead atoms. The number of aliphatic imine (C=N–C) groups is 1. The minimum absolute atomic E-state index is 0.0211. The number of urea groups is 1. The van der Waals surface area contributed by atoms with Gasteiger partial charge in [-0.3, -0.25) is 60.8 Å². The maximum absolute atomic E-state index is 12.8. The first-order chi connectivity index (χ1) is 56.3. The number of piperidine rings is 2. The molecule has 0 aliphatic carbocycles. The number of nitrogens with zero attached hydrogens (tertiary/aromatic N) is 4. The average Bonchev–Trinajstić information content (AvgIpc) is 0.773. The second-order valence-electron chi connectivity index (χ2n) is 24.7. The summed E-state index contributed by atoms with van der Waals surface area (Å²) < 4.78 is 133. The Morgan fingerprint density at radius 1 is 0.470 bits per heavy atom. The fourth-order valence-electron chi connectivity index (χ4n) is 11.7. The molecule has 0 radical (unpaired) electrons. The van der Waals surface area contributed by atoms with Crippen molar-refractivity contribution in [2.45, 2.75) is 131 Å². The number of ketones is 6. The van der Waals surface area contributed by atoms with Crippen molar-refractivity contribution in [3.63, 3.8) is 0 Å². The number of methoxy groups -OCH3 is 1. The quantitative estimate of drug-likeness (QED) is 0.0205. The number of hydrogen-bond acceptors (Lipinski definition) is 16. The van der Waals surface area contributed by atoms with Gasteiger partial charge in [-0.05, 0) is 216 Å². The Labute approximate surface area is 677 Å². The van der Waals surface area contributed by atoms with Gasteiger partial charge >= 0.3 is 6.03 Å². The summed E-state index contributed by atoms with van der Waals surface area (Å²) in [5, 5.41) is 5.55. The Bertz CT molecular complexity index is 3710. The first-order valence-corrected chi connectivity index (χ1v) is 36.1. The van der Waals surface area contributed by atoms with Crippen molar-refractivity contribution < 1.29 is 111 Å². The SMILES string of the molecule is CC(=O)C(=Cc1ccccc1)C(C)=O.CC(=O)C1=C(C)NC(=O)N(C(C)=O)C1c1ccccc1.CC(=O)CC(C)=O.CF.CF.CF.CF.COC1=NC(c2ccccc2)C(C(C)=O)=C(C)N1.FF.FF.FF.FF.NCCCN1CCC(c2ccc(F)cc2)CC1.NCCCN1CCC(c2ccc(F)cc2)CC1.O=Cc1ccccc1. The lowest BCUT2D eigenvalue weighted by molar-refractivity contribution is -0.128. The highest BCUT2D eigenvalue weighted by Gasteiger charge is 2.38. The smallest absolute Gasteiger partial charge is 0.329 e. The molecule has 4 aliphatic rings. The molecule has 0 aromatic heterocycles. The van der Waals surface area contributed by atoms with Gasteiger partial charge in [0, 0.05) is 71.6 Å². The number of rotatable bonds is 18. The maximum atomic E-state index is 12.8. The number of likely N-dealkylation sites (tertiary alicyclic amines) is 2. The van der Waals surface area contributed by atoms with Crippen LogP contribution in [0.1, 0.15) is 169 Å². The van der Waals surface area contributed by atoms with Gasteiger partial charge in [0.2, 0.25) is 5.91 Å². The first-order valence-electron chi connectivity index (χ1n) is 36.1. The normalized spacial score (nSPS) is 14.1. The molecule has 3 amide bonds. The third kappa shape index (κ3) is 47.8. The van der Waals surface area contributed by atoms with E-state index in [9.17, 15) is 69.5 Å². The second-order valence-corrected chi connectivity index (χ2v) is 24.7. The minimum Gasteiger partial charge on any atom is -0.468 e. The number of aldehydes is 1. The van der Waals surface area contributed by atoms with Gasteiger partial charge in [0.05, 0.1) is 53.9 Å². The monoisotopic (exact) mass is 1670 g/mol. The van der Waals surface area contributed by atoms with E-state index in [1.807, 2.05) is 128 Å². The zero-order valence-corrected chi connectivity index (χ0v) is 68.6. The lowest BCUT2D eigenvalue weighted by Crippen LogP contribution is -2.50. The van der Waals surface area contributed by atoms with Crippen LogP contribution in [0.4, 0.5) is 67.7 Å². The van der Waals surface area contributed by atoms with Crippen LogP contribution < -0.4 is 22.1 Å². The number of ether oxygens (including phenoxy) is 1.